The molecule has 4 aromatic carbocycles. The smallest absolute Gasteiger partial charge is 0.387 e. The fourth-order valence-corrected chi connectivity index (χ4v) is 11.4. The summed E-state index contributed by atoms with van der Waals surface area (Å²) in [4.78, 5) is 0. The molecule has 5 aromatic rings. The van der Waals surface area contributed by atoms with Gasteiger partial charge in [-0.3, -0.25) is 4.52 Å². The van der Waals surface area contributed by atoms with Gasteiger partial charge in [0.05, 0.1) is 20.6 Å². The third-order valence-corrected chi connectivity index (χ3v) is 13.5. The van der Waals surface area contributed by atoms with E-state index in [-0.39, 0.29) is 0 Å². The molecular weight excluding hydrogens is 610 g/mol. The van der Waals surface area contributed by atoms with Crippen LogP contribution in [0, 0.1) is 0 Å². The van der Waals surface area contributed by atoms with Gasteiger partial charge < -0.3 is 17.9 Å². The van der Waals surface area contributed by atoms with Gasteiger partial charge in [0, 0.05) is 22.1 Å². The van der Waals surface area contributed by atoms with Crippen LogP contribution in [0.2, 0.25) is 0 Å². The van der Waals surface area contributed by atoms with Crippen LogP contribution in [0.15, 0.2) is 93.3 Å². The molecule has 0 spiro atoms. The lowest BCUT2D eigenvalue weighted by molar-refractivity contribution is 0.414. The van der Waals surface area contributed by atoms with E-state index < -0.39 is 16.2 Å². The molecule has 0 radical (unpaired) electrons. The van der Waals surface area contributed by atoms with E-state index in [1.165, 1.54) is 11.1 Å². The second-order valence-corrected chi connectivity index (χ2v) is 15.7. The van der Waals surface area contributed by atoms with Crippen molar-refractivity contribution < 1.29 is 22.4 Å². The number of benzene rings is 4. The zero-order valence-corrected chi connectivity index (χ0v) is 29.3. The van der Waals surface area contributed by atoms with Gasteiger partial charge in [-0.05, 0) is 85.0 Å². The highest BCUT2D eigenvalue weighted by molar-refractivity contribution is 7.59. The van der Waals surface area contributed by atoms with E-state index >= 15 is 0 Å². The van der Waals surface area contributed by atoms with Crippen molar-refractivity contribution in [3.8, 4) is 11.5 Å². The SMILES string of the molecule is CCCCc1cc(OC)cc2c1op(OCP1C(c3ccccc3)CC[C@@H]1c1ccccc1)oc1c(CCCC)cc(OC)cc12. The zero-order valence-electron chi connectivity index (χ0n) is 27.5. The first-order chi connectivity index (χ1) is 22.6. The molecular formula is C39H46O5P2. The van der Waals surface area contributed by atoms with Crippen molar-refractivity contribution in [1.82, 2.24) is 0 Å². The summed E-state index contributed by atoms with van der Waals surface area (Å²) >= 11 is 0. The van der Waals surface area contributed by atoms with Crippen LogP contribution in [-0.4, -0.2) is 20.6 Å². The minimum absolute atomic E-state index is 0.469. The molecule has 1 saturated heterocycles. The van der Waals surface area contributed by atoms with Gasteiger partial charge in [0.1, 0.15) is 22.7 Å². The molecule has 0 saturated carbocycles. The predicted octanol–water partition coefficient (Wildman–Crippen LogP) is 12.1. The van der Waals surface area contributed by atoms with Gasteiger partial charge in [-0.15, -0.1) is 0 Å². The van der Waals surface area contributed by atoms with Crippen molar-refractivity contribution in [2.24, 2.45) is 0 Å². The number of hydrogen-bond donors (Lipinski definition) is 0. The lowest BCUT2D eigenvalue weighted by atomic mass is 10.00. The average molecular weight is 657 g/mol. The molecule has 2 heterocycles. The Kier molecular flexibility index (Phi) is 11.1. The van der Waals surface area contributed by atoms with E-state index in [9.17, 15) is 0 Å². The number of rotatable bonds is 13. The highest BCUT2D eigenvalue weighted by Crippen LogP contribution is 2.70. The minimum atomic E-state index is -1.72. The van der Waals surface area contributed by atoms with Crippen LogP contribution < -0.4 is 14.0 Å². The molecule has 46 heavy (non-hydrogen) atoms. The fourth-order valence-electron chi connectivity index (χ4n) is 6.72. The summed E-state index contributed by atoms with van der Waals surface area (Å²) in [6, 6.07) is 30.4. The van der Waals surface area contributed by atoms with E-state index in [4.69, 9.17) is 22.4 Å². The van der Waals surface area contributed by atoms with Crippen LogP contribution in [-0.2, 0) is 12.8 Å². The maximum Gasteiger partial charge on any atom is 0.387 e. The van der Waals surface area contributed by atoms with Crippen molar-refractivity contribution >= 4 is 38.1 Å². The molecule has 1 aliphatic rings. The van der Waals surface area contributed by atoms with Gasteiger partial charge in [-0.25, -0.2) is 0 Å². The molecule has 0 bridgehead atoms. The van der Waals surface area contributed by atoms with Crippen molar-refractivity contribution in [3.05, 3.63) is 107 Å². The highest BCUT2D eigenvalue weighted by Gasteiger charge is 2.38. The molecule has 1 aromatic heterocycles. The summed E-state index contributed by atoms with van der Waals surface area (Å²) in [6.45, 7) is 4.43. The standard InChI is InChI=1S/C39H46O5P2/c1-5-7-15-30-23-32(40-3)25-34-35-26-33(41-4)24-31(16-8-6-2)39(35)44-46(43-38(30)34)42-27-45-36(28-17-11-9-12-18-28)21-22-37(45)29-19-13-10-14-20-29/h9-14,17-20,23-26,36-37H,5-8,15-16,21-22,27H2,1-4H3/t36-,37?,45?/m1/s1. The second-order valence-electron chi connectivity index (χ2n) is 12.1. The molecule has 2 unspecified atom stereocenters. The maximum atomic E-state index is 6.88. The van der Waals surface area contributed by atoms with Crippen molar-refractivity contribution in [2.45, 2.75) is 76.5 Å². The summed E-state index contributed by atoms with van der Waals surface area (Å²) in [5, 5.41) is 1.95. The largest absolute Gasteiger partial charge is 0.497 e. The summed E-state index contributed by atoms with van der Waals surface area (Å²) < 4.78 is 32.2. The van der Waals surface area contributed by atoms with E-state index in [1.54, 1.807) is 14.2 Å². The lowest BCUT2D eigenvalue weighted by Gasteiger charge is -2.25. The molecule has 5 nitrogen and oxygen atoms in total. The van der Waals surface area contributed by atoms with E-state index in [0.29, 0.717) is 17.7 Å². The van der Waals surface area contributed by atoms with Crippen LogP contribution in [0.4, 0.5) is 0 Å². The molecule has 7 heteroatoms. The molecule has 0 amide bonds. The van der Waals surface area contributed by atoms with Gasteiger partial charge in [-0.2, -0.15) is 0 Å². The molecule has 242 valence electrons. The van der Waals surface area contributed by atoms with E-state index in [0.717, 1.165) is 95.9 Å². The Morgan fingerprint density at radius 3 is 1.52 bits per heavy atom. The molecule has 0 N–H and O–H groups in total. The third-order valence-electron chi connectivity index (χ3n) is 9.17. The minimum Gasteiger partial charge on any atom is -0.497 e. The first-order valence-electron chi connectivity index (χ1n) is 16.7. The van der Waals surface area contributed by atoms with Crippen molar-refractivity contribution in [3.63, 3.8) is 0 Å². The lowest BCUT2D eigenvalue weighted by Crippen LogP contribution is -2.02. The average Bonchev–Trinajstić information content (AvgIpc) is 3.46. The Hall–Kier alpha value is -3.23. The predicted molar refractivity (Wildman–Crippen MR) is 193 cm³/mol. The second kappa shape index (κ2) is 15.6. The molecule has 1 fully saturated rings. The number of unbranched alkanes of at least 4 members (excludes halogenated alkanes) is 2. The zero-order chi connectivity index (χ0) is 31.9. The fraction of sp³-hybridized carbons (Fsp3) is 0.385. The first kappa shape index (κ1) is 32.7. The topological polar surface area (TPSA) is 54.0 Å². The van der Waals surface area contributed by atoms with Gasteiger partial charge >= 0.3 is 8.24 Å². The van der Waals surface area contributed by atoms with Gasteiger partial charge in [0.15, 0.2) is 0 Å². The Morgan fingerprint density at radius 1 is 0.652 bits per heavy atom. The van der Waals surface area contributed by atoms with E-state index in [2.05, 4.69) is 98.8 Å². The van der Waals surface area contributed by atoms with Crippen LogP contribution in [0.1, 0.15) is 85.9 Å². The van der Waals surface area contributed by atoms with Crippen LogP contribution >= 0.6 is 16.2 Å². The molecule has 0 aliphatic carbocycles. The number of methoxy groups -OCH3 is 2. The quantitative estimate of drug-likeness (QED) is 0.118. The van der Waals surface area contributed by atoms with Crippen LogP contribution in [0.25, 0.3) is 21.9 Å². The Labute approximate surface area is 275 Å². The van der Waals surface area contributed by atoms with Gasteiger partial charge in [0.2, 0.25) is 0 Å². The van der Waals surface area contributed by atoms with Crippen molar-refractivity contribution in [1.29, 1.82) is 0 Å². The molecule has 6 rings (SSSR count). The molecule has 3 atom stereocenters. The summed E-state index contributed by atoms with van der Waals surface area (Å²) in [5.74, 6) is 1.63. The van der Waals surface area contributed by atoms with Gasteiger partial charge in [0.25, 0.3) is 0 Å². The summed E-state index contributed by atoms with van der Waals surface area (Å²) in [6.07, 6.45) is 9.00. The summed E-state index contributed by atoms with van der Waals surface area (Å²) in [5.41, 5.74) is 7.68. The Bertz CT molecular complexity index is 1640. The highest BCUT2D eigenvalue weighted by atomic mass is 31.1. The number of hydrogen-bond acceptors (Lipinski definition) is 5. The Morgan fingerprint density at radius 2 is 1.11 bits per heavy atom. The number of ether oxygens (including phenoxy) is 2. The van der Waals surface area contributed by atoms with E-state index in [1.807, 2.05) is 0 Å². The first-order valence-corrected chi connectivity index (χ1v) is 19.5. The van der Waals surface area contributed by atoms with Crippen LogP contribution in [0.3, 0.4) is 0 Å². The Balaban J connectivity index is 1.50. The molecule has 1 aliphatic heterocycles. The van der Waals surface area contributed by atoms with Crippen molar-refractivity contribution in [2.75, 3.05) is 20.6 Å². The van der Waals surface area contributed by atoms with Gasteiger partial charge in [-0.1, -0.05) is 95.3 Å². The summed E-state index contributed by atoms with van der Waals surface area (Å²) in [7, 11) is 1.19. The van der Waals surface area contributed by atoms with Crippen LogP contribution in [0.5, 0.6) is 11.5 Å². The maximum absolute atomic E-state index is 6.88. The number of fused-ring (bicyclic) bond motifs is 3. The third kappa shape index (κ3) is 7.18. The number of aryl methyl sites for hydroxylation is 2. The monoisotopic (exact) mass is 656 g/mol. The normalized spacial score (nSPS) is 17.9.